The Morgan fingerprint density at radius 2 is 2.00 bits per heavy atom. The van der Waals surface area contributed by atoms with Gasteiger partial charge in [0.05, 0.1) is 12.7 Å². The maximum absolute atomic E-state index is 10.7. The van der Waals surface area contributed by atoms with Crippen LogP contribution >= 0.6 is 0 Å². The minimum absolute atomic E-state index is 0.328. The van der Waals surface area contributed by atoms with Gasteiger partial charge in [-0.25, -0.2) is 0 Å². The number of carboxylic acids is 1. The second-order valence-electron chi connectivity index (χ2n) is 2.56. The molecule has 74 valence electrons. The van der Waals surface area contributed by atoms with Crippen LogP contribution in [0.4, 0.5) is 0 Å². The van der Waals surface area contributed by atoms with Crippen molar-refractivity contribution in [2.75, 3.05) is 0 Å². The third kappa shape index (κ3) is 3.57. The van der Waals surface area contributed by atoms with Crippen molar-refractivity contribution in [1.82, 2.24) is 0 Å². The Morgan fingerprint density at radius 1 is 1.46 bits per heavy atom. The van der Waals surface area contributed by atoms with Crippen molar-refractivity contribution in [1.29, 1.82) is 0 Å². The first-order valence-electron chi connectivity index (χ1n) is 3.45. The molecular formula is C7H11NO5. The largest absolute Gasteiger partial charge is 0.516 e. The normalized spacial score (nSPS) is 15.5. The van der Waals surface area contributed by atoms with Gasteiger partial charge in [-0.1, -0.05) is 0 Å². The van der Waals surface area contributed by atoms with Crippen LogP contribution in [0.25, 0.3) is 0 Å². The number of hydrogen-bond acceptors (Lipinski definition) is 4. The second kappa shape index (κ2) is 4.46. The predicted octanol–water partition coefficient (Wildman–Crippen LogP) is -0.861. The average Bonchev–Trinajstić information content (AvgIpc) is 1.99. The molecule has 0 bridgehead atoms. The summed E-state index contributed by atoms with van der Waals surface area (Å²) in [5.41, 5.74) is 2.66. The average molecular weight is 189 g/mol. The summed E-state index contributed by atoms with van der Waals surface area (Å²) in [7, 11) is 0. The van der Waals surface area contributed by atoms with Crippen molar-refractivity contribution in [3.05, 3.63) is 12.3 Å². The third-order valence-electron chi connectivity index (χ3n) is 1.46. The summed E-state index contributed by atoms with van der Waals surface area (Å²) < 4.78 is 0. The number of hydrogen-bond donors (Lipinski definition) is 4. The van der Waals surface area contributed by atoms with E-state index in [1.165, 1.54) is 0 Å². The van der Waals surface area contributed by atoms with Gasteiger partial charge in [0.1, 0.15) is 0 Å². The SMILES string of the molecule is NC(=O)C(O)(CC=CO)CC(=O)O. The second-order valence-corrected chi connectivity index (χ2v) is 2.56. The van der Waals surface area contributed by atoms with Crippen LogP contribution in [0.5, 0.6) is 0 Å². The van der Waals surface area contributed by atoms with E-state index >= 15 is 0 Å². The first-order chi connectivity index (χ1) is 5.92. The van der Waals surface area contributed by atoms with E-state index in [-0.39, 0.29) is 6.42 Å². The molecule has 0 saturated carbocycles. The van der Waals surface area contributed by atoms with Crippen LogP contribution in [0.15, 0.2) is 12.3 Å². The van der Waals surface area contributed by atoms with Gasteiger partial charge >= 0.3 is 5.97 Å². The fraction of sp³-hybridized carbons (Fsp3) is 0.429. The Bertz CT molecular complexity index is 237. The minimum Gasteiger partial charge on any atom is -0.516 e. The van der Waals surface area contributed by atoms with E-state index in [0.29, 0.717) is 6.26 Å². The number of carbonyl (C=O) groups excluding carboxylic acids is 1. The van der Waals surface area contributed by atoms with Crippen molar-refractivity contribution >= 4 is 11.9 Å². The zero-order valence-corrected chi connectivity index (χ0v) is 6.80. The minimum atomic E-state index is -2.13. The number of rotatable bonds is 5. The van der Waals surface area contributed by atoms with Gasteiger partial charge in [-0.2, -0.15) is 0 Å². The van der Waals surface area contributed by atoms with E-state index in [2.05, 4.69) is 0 Å². The highest BCUT2D eigenvalue weighted by Crippen LogP contribution is 2.15. The van der Waals surface area contributed by atoms with Gasteiger partial charge in [-0.15, -0.1) is 0 Å². The molecule has 6 heteroatoms. The monoisotopic (exact) mass is 189 g/mol. The maximum atomic E-state index is 10.7. The summed E-state index contributed by atoms with van der Waals surface area (Å²) in [4.78, 5) is 20.9. The number of primary amides is 1. The zero-order valence-electron chi connectivity index (χ0n) is 6.80. The summed E-state index contributed by atoms with van der Waals surface area (Å²) in [5.74, 6) is -2.47. The molecule has 0 aromatic carbocycles. The highest BCUT2D eigenvalue weighted by molar-refractivity contribution is 5.87. The lowest BCUT2D eigenvalue weighted by atomic mass is 9.95. The van der Waals surface area contributed by atoms with Crippen LogP contribution in [-0.2, 0) is 9.59 Å². The Hall–Kier alpha value is -1.56. The molecule has 0 heterocycles. The Morgan fingerprint density at radius 3 is 2.31 bits per heavy atom. The summed E-state index contributed by atoms with van der Waals surface area (Å²) in [6, 6.07) is 0. The van der Waals surface area contributed by atoms with Crippen LogP contribution in [0.3, 0.4) is 0 Å². The summed E-state index contributed by atoms with van der Waals surface area (Å²) in [5, 5.41) is 26.0. The molecule has 0 fully saturated rings. The van der Waals surface area contributed by atoms with Gasteiger partial charge < -0.3 is 21.1 Å². The van der Waals surface area contributed by atoms with Crippen LogP contribution in [0.1, 0.15) is 12.8 Å². The molecular weight excluding hydrogens is 178 g/mol. The Labute approximate surface area is 74.3 Å². The molecule has 1 unspecified atom stereocenters. The Balaban J connectivity index is 4.52. The molecule has 0 aliphatic carbocycles. The van der Waals surface area contributed by atoms with Gasteiger partial charge in [0, 0.05) is 6.42 Å². The van der Waals surface area contributed by atoms with E-state index < -0.39 is 23.9 Å². The lowest BCUT2D eigenvalue weighted by Crippen LogP contribution is -2.45. The van der Waals surface area contributed by atoms with E-state index in [1.807, 2.05) is 0 Å². The topological polar surface area (TPSA) is 121 Å². The number of aliphatic carboxylic acids is 1. The smallest absolute Gasteiger partial charge is 0.306 e. The zero-order chi connectivity index (χ0) is 10.5. The van der Waals surface area contributed by atoms with Crippen molar-refractivity contribution < 1.29 is 24.9 Å². The molecule has 0 aliphatic rings. The first-order valence-corrected chi connectivity index (χ1v) is 3.45. The molecule has 6 nitrogen and oxygen atoms in total. The standard InChI is InChI=1S/C7H11NO5/c8-6(12)7(13,2-1-3-9)4-5(10)11/h1,3,9,13H,2,4H2,(H2,8,12)(H,10,11). The predicted molar refractivity (Wildman–Crippen MR) is 42.8 cm³/mol. The van der Waals surface area contributed by atoms with Crippen LogP contribution < -0.4 is 5.73 Å². The number of carboxylic acid groups (broad SMARTS) is 1. The number of carbonyl (C=O) groups is 2. The fourth-order valence-electron chi connectivity index (χ4n) is 0.758. The molecule has 1 atom stereocenters. The van der Waals surface area contributed by atoms with Gasteiger partial charge in [0.25, 0.3) is 0 Å². The highest BCUT2D eigenvalue weighted by atomic mass is 16.4. The molecule has 0 aromatic heterocycles. The summed E-state index contributed by atoms with van der Waals surface area (Å²) >= 11 is 0. The van der Waals surface area contributed by atoms with Crippen LogP contribution in [0, 0.1) is 0 Å². The molecule has 0 spiro atoms. The van der Waals surface area contributed by atoms with Crippen LogP contribution in [-0.4, -0.2) is 32.8 Å². The number of amides is 1. The van der Waals surface area contributed by atoms with Crippen molar-refractivity contribution in [3.63, 3.8) is 0 Å². The van der Waals surface area contributed by atoms with Crippen molar-refractivity contribution in [2.24, 2.45) is 5.73 Å². The summed E-state index contributed by atoms with van der Waals surface area (Å²) in [6.45, 7) is 0. The van der Waals surface area contributed by atoms with Gasteiger partial charge in [-0.05, 0) is 6.08 Å². The Kier molecular flexibility index (Phi) is 3.93. The van der Waals surface area contributed by atoms with Gasteiger partial charge in [0.15, 0.2) is 5.60 Å². The van der Waals surface area contributed by atoms with Crippen molar-refractivity contribution in [2.45, 2.75) is 18.4 Å². The quantitative estimate of drug-likeness (QED) is 0.419. The van der Waals surface area contributed by atoms with E-state index in [0.717, 1.165) is 6.08 Å². The molecule has 0 aliphatic heterocycles. The molecule has 1 amide bonds. The number of aliphatic hydroxyl groups is 2. The van der Waals surface area contributed by atoms with E-state index in [9.17, 15) is 14.7 Å². The van der Waals surface area contributed by atoms with E-state index in [1.54, 1.807) is 0 Å². The molecule has 0 saturated heterocycles. The highest BCUT2D eigenvalue weighted by Gasteiger charge is 2.35. The third-order valence-corrected chi connectivity index (χ3v) is 1.46. The van der Waals surface area contributed by atoms with Gasteiger partial charge in [-0.3, -0.25) is 9.59 Å². The molecule has 5 N–H and O–H groups in total. The molecule has 0 aromatic rings. The first kappa shape index (κ1) is 11.4. The molecule has 13 heavy (non-hydrogen) atoms. The lowest BCUT2D eigenvalue weighted by molar-refractivity contribution is -0.150. The fourth-order valence-corrected chi connectivity index (χ4v) is 0.758. The van der Waals surface area contributed by atoms with Crippen molar-refractivity contribution in [3.8, 4) is 0 Å². The summed E-state index contributed by atoms with van der Waals surface area (Å²) in [6.07, 6.45) is 0.543. The number of nitrogens with two attached hydrogens (primary N) is 1. The molecule has 0 rings (SSSR count). The van der Waals surface area contributed by atoms with Crippen LogP contribution in [0.2, 0.25) is 0 Å². The number of aliphatic hydroxyl groups excluding tert-OH is 1. The maximum Gasteiger partial charge on any atom is 0.306 e. The lowest BCUT2D eigenvalue weighted by Gasteiger charge is -2.20. The van der Waals surface area contributed by atoms with E-state index in [4.69, 9.17) is 15.9 Å². The molecule has 0 radical (unpaired) electrons. The van der Waals surface area contributed by atoms with Gasteiger partial charge in [0.2, 0.25) is 5.91 Å².